The quantitative estimate of drug-likeness (QED) is 0.825. The van der Waals surface area contributed by atoms with Crippen LogP contribution in [0.15, 0.2) is 53.4 Å². The van der Waals surface area contributed by atoms with E-state index in [1.165, 1.54) is 7.11 Å². The molecule has 122 valence electrons. The van der Waals surface area contributed by atoms with Crippen molar-refractivity contribution in [3.63, 3.8) is 0 Å². The Morgan fingerprint density at radius 1 is 1.13 bits per heavy atom. The van der Waals surface area contributed by atoms with Gasteiger partial charge in [0.25, 0.3) is 10.0 Å². The lowest BCUT2D eigenvalue weighted by Gasteiger charge is -2.10. The highest BCUT2D eigenvalue weighted by molar-refractivity contribution is 7.92. The van der Waals surface area contributed by atoms with E-state index in [4.69, 9.17) is 0 Å². The Balaban J connectivity index is 2.13. The van der Waals surface area contributed by atoms with Gasteiger partial charge in [-0.3, -0.25) is 9.52 Å². The predicted molar refractivity (Wildman–Crippen MR) is 88.8 cm³/mol. The van der Waals surface area contributed by atoms with Crippen LogP contribution in [0.3, 0.4) is 0 Å². The summed E-state index contributed by atoms with van der Waals surface area (Å²) in [6, 6.07) is 13.6. The van der Waals surface area contributed by atoms with Crippen LogP contribution in [0.2, 0.25) is 0 Å². The number of carbonyl (C=O) groups is 1. The van der Waals surface area contributed by atoms with Gasteiger partial charge in [-0.2, -0.15) is 0 Å². The van der Waals surface area contributed by atoms with Crippen molar-refractivity contribution in [2.75, 3.05) is 11.8 Å². The molecule has 5 nitrogen and oxygen atoms in total. The van der Waals surface area contributed by atoms with Crippen LogP contribution in [0.1, 0.15) is 17.5 Å². The standard InChI is InChI=1S/C17H19NO4S/c1-13-6-9-16(10-7-13)23(20,21)18-15-5-3-4-14(12-15)8-11-17(19)22-2/h3-7,9-10,12,18H,8,11H2,1-2H3. The van der Waals surface area contributed by atoms with Gasteiger partial charge in [-0.1, -0.05) is 29.8 Å². The second-order valence-corrected chi connectivity index (χ2v) is 6.88. The Bertz CT molecular complexity index is 782. The van der Waals surface area contributed by atoms with Crippen molar-refractivity contribution < 1.29 is 17.9 Å². The molecular weight excluding hydrogens is 314 g/mol. The first-order valence-electron chi connectivity index (χ1n) is 7.16. The fourth-order valence-corrected chi connectivity index (χ4v) is 3.12. The molecule has 0 spiro atoms. The molecule has 2 rings (SSSR count). The molecule has 0 heterocycles. The molecule has 6 heteroatoms. The zero-order chi connectivity index (χ0) is 16.9. The average Bonchev–Trinajstić information content (AvgIpc) is 2.53. The van der Waals surface area contributed by atoms with Crippen molar-refractivity contribution in [3.8, 4) is 0 Å². The number of methoxy groups -OCH3 is 1. The Morgan fingerprint density at radius 3 is 2.48 bits per heavy atom. The maximum atomic E-state index is 12.4. The van der Waals surface area contributed by atoms with Gasteiger partial charge in [0.15, 0.2) is 0 Å². The minimum atomic E-state index is -3.62. The van der Waals surface area contributed by atoms with Gasteiger partial charge < -0.3 is 4.74 Å². The van der Waals surface area contributed by atoms with Crippen LogP contribution in [0, 0.1) is 6.92 Å². The summed E-state index contributed by atoms with van der Waals surface area (Å²) in [6.45, 7) is 1.90. The largest absolute Gasteiger partial charge is 0.469 e. The predicted octanol–water partition coefficient (Wildman–Crippen LogP) is 2.90. The zero-order valence-corrected chi connectivity index (χ0v) is 13.9. The molecule has 2 aromatic carbocycles. The fourth-order valence-electron chi connectivity index (χ4n) is 2.07. The summed E-state index contributed by atoms with van der Waals surface area (Å²) in [5.74, 6) is -0.296. The van der Waals surface area contributed by atoms with Crippen LogP contribution in [0.5, 0.6) is 0 Å². The molecule has 0 fully saturated rings. The molecule has 0 radical (unpaired) electrons. The molecule has 0 aliphatic rings. The molecule has 2 aromatic rings. The third kappa shape index (κ3) is 4.82. The van der Waals surface area contributed by atoms with E-state index in [1.54, 1.807) is 42.5 Å². The molecular formula is C17H19NO4S. The molecule has 0 unspecified atom stereocenters. The van der Waals surface area contributed by atoms with Gasteiger partial charge in [-0.15, -0.1) is 0 Å². The summed E-state index contributed by atoms with van der Waals surface area (Å²) < 4.78 is 31.9. The number of sulfonamides is 1. The maximum Gasteiger partial charge on any atom is 0.305 e. The van der Waals surface area contributed by atoms with Gasteiger partial charge in [0, 0.05) is 12.1 Å². The number of aryl methyl sites for hydroxylation is 2. The van der Waals surface area contributed by atoms with Crippen LogP contribution in [-0.4, -0.2) is 21.5 Å². The Labute approximate surface area is 136 Å². The second kappa shape index (κ2) is 7.28. The van der Waals surface area contributed by atoms with Crippen LogP contribution < -0.4 is 4.72 Å². The number of carbonyl (C=O) groups excluding carboxylic acids is 1. The van der Waals surface area contributed by atoms with E-state index >= 15 is 0 Å². The highest BCUT2D eigenvalue weighted by Gasteiger charge is 2.14. The van der Waals surface area contributed by atoms with E-state index in [9.17, 15) is 13.2 Å². The zero-order valence-electron chi connectivity index (χ0n) is 13.1. The summed E-state index contributed by atoms with van der Waals surface area (Å²) in [4.78, 5) is 11.4. The molecule has 0 bridgehead atoms. The van der Waals surface area contributed by atoms with Gasteiger partial charge in [0.05, 0.1) is 12.0 Å². The van der Waals surface area contributed by atoms with E-state index < -0.39 is 10.0 Å². The third-order valence-corrected chi connectivity index (χ3v) is 4.75. The Kier molecular flexibility index (Phi) is 5.39. The van der Waals surface area contributed by atoms with Crippen molar-refractivity contribution in [1.29, 1.82) is 0 Å². The number of esters is 1. The number of anilines is 1. The Morgan fingerprint density at radius 2 is 1.83 bits per heavy atom. The smallest absolute Gasteiger partial charge is 0.305 e. The summed E-state index contributed by atoms with van der Waals surface area (Å²) in [5, 5.41) is 0. The van der Waals surface area contributed by atoms with Gasteiger partial charge in [-0.05, 0) is 43.2 Å². The van der Waals surface area contributed by atoms with Crippen molar-refractivity contribution >= 4 is 21.7 Å². The lowest BCUT2D eigenvalue weighted by Crippen LogP contribution is -2.13. The topological polar surface area (TPSA) is 72.5 Å². The highest BCUT2D eigenvalue weighted by Crippen LogP contribution is 2.18. The molecule has 0 amide bonds. The van der Waals surface area contributed by atoms with Crippen molar-refractivity contribution in [2.24, 2.45) is 0 Å². The lowest BCUT2D eigenvalue weighted by atomic mass is 10.1. The fraction of sp³-hybridized carbons (Fsp3) is 0.235. The number of nitrogens with one attached hydrogen (secondary N) is 1. The van der Waals surface area contributed by atoms with E-state index in [1.807, 2.05) is 13.0 Å². The number of hydrogen-bond donors (Lipinski definition) is 1. The molecule has 0 saturated carbocycles. The first kappa shape index (κ1) is 17.0. The van der Waals surface area contributed by atoms with Crippen molar-refractivity contribution in [1.82, 2.24) is 0 Å². The summed E-state index contributed by atoms with van der Waals surface area (Å²) in [6.07, 6.45) is 0.747. The van der Waals surface area contributed by atoms with Crippen LogP contribution >= 0.6 is 0 Å². The monoisotopic (exact) mass is 333 g/mol. The van der Waals surface area contributed by atoms with Crippen molar-refractivity contribution in [2.45, 2.75) is 24.7 Å². The summed E-state index contributed by atoms with van der Waals surface area (Å²) in [5.41, 5.74) is 2.32. The summed E-state index contributed by atoms with van der Waals surface area (Å²) >= 11 is 0. The van der Waals surface area contributed by atoms with Gasteiger partial charge in [0.1, 0.15) is 0 Å². The number of rotatable bonds is 6. The molecule has 23 heavy (non-hydrogen) atoms. The first-order valence-corrected chi connectivity index (χ1v) is 8.64. The second-order valence-electron chi connectivity index (χ2n) is 5.20. The molecule has 0 aliphatic heterocycles. The summed E-state index contributed by atoms with van der Waals surface area (Å²) in [7, 11) is -2.28. The van der Waals surface area contributed by atoms with Crippen LogP contribution in [0.4, 0.5) is 5.69 Å². The van der Waals surface area contributed by atoms with E-state index in [2.05, 4.69) is 9.46 Å². The molecule has 0 aromatic heterocycles. The van der Waals surface area contributed by atoms with Crippen LogP contribution in [0.25, 0.3) is 0 Å². The number of ether oxygens (including phenoxy) is 1. The first-order chi connectivity index (χ1) is 10.9. The number of hydrogen-bond acceptors (Lipinski definition) is 4. The van der Waals surface area contributed by atoms with E-state index in [0.29, 0.717) is 12.1 Å². The Hall–Kier alpha value is -2.34. The SMILES string of the molecule is COC(=O)CCc1cccc(NS(=O)(=O)c2ccc(C)cc2)c1. The maximum absolute atomic E-state index is 12.4. The number of benzene rings is 2. The minimum Gasteiger partial charge on any atom is -0.469 e. The van der Waals surface area contributed by atoms with Crippen molar-refractivity contribution in [3.05, 3.63) is 59.7 Å². The third-order valence-electron chi connectivity index (χ3n) is 3.36. The normalized spacial score (nSPS) is 11.0. The van der Waals surface area contributed by atoms with E-state index in [-0.39, 0.29) is 17.3 Å². The highest BCUT2D eigenvalue weighted by atomic mass is 32.2. The van der Waals surface area contributed by atoms with E-state index in [0.717, 1.165) is 11.1 Å². The van der Waals surface area contributed by atoms with Gasteiger partial charge in [-0.25, -0.2) is 8.42 Å². The molecule has 1 N–H and O–H groups in total. The van der Waals surface area contributed by atoms with Gasteiger partial charge in [0.2, 0.25) is 0 Å². The van der Waals surface area contributed by atoms with Crippen LogP contribution in [-0.2, 0) is 26.0 Å². The minimum absolute atomic E-state index is 0.211. The van der Waals surface area contributed by atoms with Gasteiger partial charge >= 0.3 is 5.97 Å². The molecule has 0 aliphatic carbocycles. The average molecular weight is 333 g/mol. The lowest BCUT2D eigenvalue weighted by molar-refractivity contribution is -0.140. The molecule has 0 saturated heterocycles. The molecule has 0 atom stereocenters.